The van der Waals surface area contributed by atoms with Crippen LogP contribution in [0.2, 0.25) is 0 Å². The topological polar surface area (TPSA) is 47.6 Å². The zero-order valence-corrected chi connectivity index (χ0v) is 12.2. The summed E-state index contributed by atoms with van der Waals surface area (Å²) in [6, 6.07) is 8.01. The first kappa shape index (κ1) is 15.8. The third kappa shape index (κ3) is 3.72. The van der Waals surface area contributed by atoms with Crippen molar-refractivity contribution in [3.8, 4) is 11.5 Å². The van der Waals surface area contributed by atoms with Crippen molar-refractivity contribution in [1.29, 1.82) is 0 Å². The second kappa shape index (κ2) is 6.89. The van der Waals surface area contributed by atoms with Crippen molar-refractivity contribution in [2.24, 2.45) is 0 Å². The average molecular weight is 307 g/mol. The Bertz CT molecular complexity index is 689. The van der Waals surface area contributed by atoms with Crippen molar-refractivity contribution >= 4 is 11.6 Å². The molecule has 6 heteroatoms. The molecule has 0 aliphatic heterocycles. The third-order valence-corrected chi connectivity index (χ3v) is 3.05. The number of methoxy groups -OCH3 is 2. The molecule has 0 atom stereocenters. The van der Waals surface area contributed by atoms with Gasteiger partial charge in [-0.1, -0.05) is 6.07 Å². The van der Waals surface area contributed by atoms with E-state index < -0.39 is 17.5 Å². The summed E-state index contributed by atoms with van der Waals surface area (Å²) in [5.74, 6) is -0.865. The quantitative estimate of drug-likeness (QED) is 0.923. The maximum absolute atomic E-state index is 13.5. The Balaban J connectivity index is 2.12. The van der Waals surface area contributed by atoms with Crippen molar-refractivity contribution < 1.29 is 23.0 Å². The summed E-state index contributed by atoms with van der Waals surface area (Å²) in [6.45, 7) is 0. The smallest absolute Gasteiger partial charge is 0.229 e. The molecule has 4 nitrogen and oxygen atoms in total. The Kier molecular flexibility index (Phi) is 4.93. The Hall–Kier alpha value is -2.63. The molecule has 2 rings (SSSR count). The fourth-order valence-electron chi connectivity index (χ4n) is 1.96. The van der Waals surface area contributed by atoms with E-state index in [1.807, 2.05) is 0 Å². The first-order chi connectivity index (χ1) is 10.5. The minimum Gasteiger partial charge on any atom is -0.497 e. The number of benzene rings is 2. The first-order valence-corrected chi connectivity index (χ1v) is 6.49. The molecule has 2 aromatic rings. The molecule has 0 spiro atoms. The molecule has 1 amide bonds. The predicted octanol–water partition coefficient (Wildman–Crippen LogP) is 3.16. The SMILES string of the molecule is COc1ccc(CC(=O)Nc2ccc(F)cc2F)c(OC)c1. The normalized spacial score (nSPS) is 10.2. The number of hydrogen-bond donors (Lipinski definition) is 1. The highest BCUT2D eigenvalue weighted by molar-refractivity contribution is 5.92. The van der Waals surface area contributed by atoms with Crippen LogP contribution in [-0.2, 0) is 11.2 Å². The van der Waals surface area contributed by atoms with Gasteiger partial charge in [0.1, 0.15) is 23.1 Å². The number of anilines is 1. The van der Waals surface area contributed by atoms with Gasteiger partial charge in [-0.3, -0.25) is 4.79 Å². The fourth-order valence-corrected chi connectivity index (χ4v) is 1.96. The molecule has 0 bridgehead atoms. The van der Waals surface area contributed by atoms with Gasteiger partial charge in [0.05, 0.1) is 26.3 Å². The Labute approximate surface area is 126 Å². The van der Waals surface area contributed by atoms with Crippen LogP contribution in [0.1, 0.15) is 5.56 Å². The van der Waals surface area contributed by atoms with Crippen molar-refractivity contribution in [2.45, 2.75) is 6.42 Å². The van der Waals surface area contributed by atoms with E-state index in [1.165, 1.54) is 20.3 Å². The summed E-state index contributed by atoms with van der Waals surface area (Å²) in [4.78, 5) is 12.0. The van der Waals surface area contributed by atoms with Crippen molar-refractivity contribution in [2.75, 3.05) is 19.5 Å². The highest BCUT2D eigenvalue weighted by Crippen LogP contribution is 2.25. The van der Waals surface area contributed by atoms with E-state index in [0.29, 0.717) is 23.1 Å². The molecule has 0 saturated carbocycles. The number of halogens is 2. The molecule has 0 saturated heterocycles. The molecule has 0 aromatic heterocycles. The van der Waals surface area contributed by atoms with E-state index in [9.17, 15) is 13.6 Å². The van der Waals surface area contributed by atoms with Gasteiger partial charge in [0.2, 0.25) is 5.91 Å². The Morgan fingerprint density at radius 3 is 2.50 bits per heavy atom. The minimum atomic E-state index is -0.824. The van der Waals surface area contributed by atoms with Gasteiger partial charge in [0.25, 0.3) is 0 Å². The van der Waals surface area contributed by atoms with Crippen molar-refractivity contribution in [1.82, 2.24) is 0 Å². The summed E-state index contributed by atoms with van der Waals surface area (Å²) in [6.07, 6.45) is -0.00994. The van der Waals surface area contributed by atoms with Gasteiger partial charge < -0.3 is 14.8 Å². The van der Waals surface area contributed by atoms with Crippen LogP contribution in [0.15, 0.2) is 36.4 Å². The standard InChI is InChI=1S/C16H15F2NO3/c1-21-12-5-3-10(15(9-12)22-2)7-16(20)19-14-6-4-11(17)8-13(14)18/h3-6,8-9H,7H2,1-2H3,(H,19,20). The molecule has 0 aliphatic rings. The molecule has 22 heavy (non-hydrogen) atoms. The lowest BCUT2D eigenvalue weighted by Gasteiger charge is -2.11. The van der Waals surface area contributed by atoms with E-state index in [1.54, 1.807) is 18.2 Å². The van der Waals surface area contributed by atoms with Crippen molar-refractivity contribution in [3.63, 3.8) is 0 Å². The van der Waals surface area contributed by atoms with Gasteiger partial charge in [-0.05, 0) is 18.2 Å². The molecular weight excluding hydrogens is 292 g/mol. The van der Waals surface area contributed by atoms with Gasteiger partial charge in [0.15, 0.2) is 0 Å². The molecule has 0 aliphatic carbocycles. The molecule has 0 unspecified atom stereocenters. The van der Waals surface area contributed by atoms with Crippen LogP contribution in [0, 0.1) is 11.6 Å². The lowest BCUT2D eigenvalue weighted by Crippen LogP contribution is -2.16. The fraction of sp³-hybridized carbons (Fsp3) is 0.188. The average Bonchev–Trinajstić information content (AvgIpc) is 2.50. The monoisotopic (exact) mass is 307 g/mol. The predicted molar refractivity (Wildman–Crippen MR) is 78.2 cm³/mol. The maximum Gasteiger partial charge on any atom is 0.229 e. The molecule has 0 radical (unpaired) electrons. The van der Waals surface area contributed by atoms with Gasteiger partial charge in [-0.2, -0.15) is 0 Å². The van der Waals surface area contributed by atoms with Crippen LogP contribution in [0.5, 0.6) is 11.5 Å². The third-order valence-electron chi connectivity index (χ3n) is 3.05. The lowest BCUT2D eigenvalue weighted by molar-refractivity contribution is -0.115. The summed E-state index contributed by atoms with van der Waals surface area (Å²) in [5, 5.41) is 2.40. The van der Waals surface area contributed by atoms with E-state index >= 15 is 0 Å². The number of carbonyl (C=O) groups is 1. The Morgan fingerprint density at radius 1 is 1.09 bits per heavy atom. The molecule has 116 valence electrons. The largest absolute Gasteiger partial charge is 0.497 e. The summed E-state index contributed by atoms with van der Waals surface area (Å²) in [7, 11) is 3.01. The zero-order valence-electron chi connectivity index (χ0n) is 12.2. The maximum atomic E-state index is 13.5. The van der Waals surface area contributed by atoms with Crippen LogP contribution in [0.3, 0.4) is 0 Å². The lowest BCUT2D eigenvalue weighted by atomic mass is 10.1. The number of nitrogens with one attached hydrogen (secondary N) is 1. The van der Waals surface area contributed by atoms with E-state index in [4.69, 9.17) is 9.47 Å². The molecule has 0 fully saturated rings. The number of hydrogen-bond acceptors (Lipinski definition) is 3. The second-order valence-electron chi connectivity index (χ2n) is 4.53. The second-order valence-corrected chi connectivity index (χ2v) is 4.53. The van der Waals surface area contributed by atoms with E-state index in [-0.39, 0.29) is 12.1 Å². The molecule has 2 aromatic carbocycles. The van der Waals surface area contributed by atoms with Gasteiger partial charge in [0, 0.05) is 17.7 Å². The summed E-state index contributed by atoms with van der Waals surface area (Å²) in [5.41, 5.74) is 0.558. The Morgan fingerprint density at radius 2 is 1.86 bits per heavy atom. The highest BCUT2D eigenvalue weighted by Gasteiger charge is 2.12. The highest BCUT2D eigenvalue weighted by atomic mass is 19.1. The molecular formula is C16H15F2NO3. The number of ether oxygens (including phenoxy) is 2. The van der Waals surface area contributed by atoms with Crippen LogP contribution in [0.25, 0.3) is 0 Å². The summed E-state index contributed by atoms with van der Waals surface area (Å²) >= 11 is 0. The number of rotatable bonds is 5. The van der Waals surface area contributed by atoms with Crippen LogP contribution >= 0.6 is 0 Å². The van der Waals surface area contributed by atoms with Gasteiger partial charge in [-0.25, -0.2) is 8.78 Å². The van der Waals surface area contributed by atoms with Crippen LogP contribution < -0.4 is 14.8 Å². The van der Waals surface area contributed by atoms with E-state index in [2.05, 4.69) is 5.32 Å². The number of amides is 1. The summed E-state index contributed by atoms with van der Waals surface area (Å²) < 4.78 is 36.6. The van der Waals surface area contributed by atoms with Crippen molar-refractivity contribution in [3.05, 3.63) is 53.6 Å². The minimum absolute atomic E-state index is 0.00994. The van der Waals surface area contributed by atoms with Crippen LogP contribution in [0.4, 0.5) is 14.5 Å². The molecule has 0 heterocycles. The molecule has 1 N–H and O–H groups in total. The number of carbonyl (C=O) groups excluding carboxylic acids is 1. The van der Waals surface area contributed by atoms with Crippen LogP contribution in [-0.4, -0.2) is 20.1 Å². The van der Waals surface area contributed by atoms with Gasteiger partial charge >= 0.3 is 0 Å². The van der Waals surface area contributed by atoms with Gasteiger partial charge in [-0.15, -0.1) is 0 Å². The van der Waals surface area contributed by atoms with E-state index in [0.717, 1.165) is 6.07 Å². The zero-order chi connectivity index (χ0) is 16.1. The first-order valence-electron chi connectivity index (χ1n) is 6.49.